The normalized spacial score (nSPS) is 14.7. The monoisotopic (exact) mass is 462 g/mol. The Bertz CT molecular complexity index is 1210. The first-order valence-corrected chi connectivity index (χ1v) is 11.1. The van der Waals surface area contributed by atoms with Gasteiger partial charge in [0.1, 0.15) is 23.8 Å². The Morgan fingerprint density at radius 3 is 2.64 bits per heavy atom. The minimum absolute atomic E-state index is 0.138. The van der Waals surface area contributed by atoms with Crippen molar-refractivity contribution in [1.82, 2.24) is 10.2 Å². The van der Waals surface area contributed by atoms with E-state index < -0.39 is 0 Å². The first-order chi connectivity index (χ1) is 16.1. The number of thiocarbonyl (C=S) groups is 1. The molecule has 170 valence electrons. The van der Waals surface area contributed by atoms with Crippen molar-refractivity contribution in [3.63, 3.8) is 0 Å². The molecule has 0 saturated carbocycles. The van der Waals surface area contributed by atoms with Crippen LogP contribution < -0.4 is 14.8 Å². The highest BCUT2D eigenvalue weighted by molar-refractivity contribution is 7.80. The second-order valence-corrected chi connectivity index (χ2v) is 8.05. The molecule has 0 unspecified atom stereocenters. The van der Waals surface area contributed by atoms with E-state index in [0.29, 0.717) is 30.6 Å². The minimum Gasteiger partial charge on any atom is -0.496 e. The van der Waals surface area contributed by atoms with Crippen molar-refractivity contribution in [3.05, 3.63) is 77.5 Å². The molecule has 1 aliphatic rings. The van der Waals surface area contributed by atoms with Gasteiger partial charge in [0.15, 0.2) is 5.11 Å². The predicted octanol–water partition coefficient (Wildman–Crippen LogP) is 4.52. The largest absolute Gasteiger partial charge is 0.496 e. The van der Waals surface area contributed by atoms with Crippen LogP contribution in [-0.2, 0) is 16.1 Å². The summed E-state index contributed by atoms with van der Waals surface area (Å²) in [5.41, 5.74) is 2.18. The van der Waals surface area contributed by atoms with Gasteiger partial charge in [-0.15, -0.1) is 0 Å². The second-order valence-electron chi connectivity index (χ2n) is 7.66. The molecule has 7 heteroatoms. The average molecular weight is 463 g/mol. The molecular formula is C26H26N2O4S. The maximum absolute atomic E-state index is 12.8. The summed E-state index contributed by atoms with van der Waals surface area (Å²) in [6.07, 6.45) is 2.51. The van der Waals surface area contributed by atoms with Gasteiger partial charge in [-0.25, -0.2) is 0 Å². The van der Waals surface area contributed by atoms with Crippen molar-refractivity contribution in [2.24, 2.45) is 0 Å². The van der Waals surface area contributed by atoms with Gasteiger partial charge in [0.25, 0.3) is 5.91 Å². The lowest BCUT2D eigenvalue weighted by Gasteiger charge is -2.13. The highest BCUT2D eigenvalue weighted by atomic mass is 32.1. The van der Waals surface area contributed by atoms with E-state index in [0.717, 1.165) is 34.4 Å². The van der Waals surface area contributed by atoms with Crippen LogP contribution in [-0.4, -0.2) is 43.3 Å². The number of rotatable bonds is 9. The number of ether oxygens (including phenoxy) is 3. The highest BCUT2D eigenvalue weighted by Gasteiger charge is 2.30. The number of amides is 1. The van der Waals surface area contributed by atoms with E-state index in [4.69, 9.17) is 26.4 Å². The third-order valence-electron chi connectivity index (χ3n) is 5.42. The Balaban J connectivity index is 1.50. The smallest absolute Gasteiger partial charge is 0.276 e. The van der Waals surface area contributed by atoms with Gasteiger partial charge in [-0.1, -0.05) is 36.4 Å². The highest BCUT2D eigenvalue weighted by Crippen LogP contribution is 2.26. The molecule has 4 rings (SSSR count). The van der Waals surface area contributed by atoms with Crippen LogP contribution in [0.3, 0.4) is 0 Å². The fraction of sp³-hybridized carbons (Fsp3) is 0.231. The van der Waals surface area contributed by atoms with E-state index in [-0.39, 0.29) is 5.91 Å². The number of hydrogen-bond donors (Lipinski definition) is 1. The predicted molar refractivity (Wildman–Crippen MR) is 133 cm³/mol. The molecule has 3 aromatic rings. The number of hydrogen-bond acceptors (Lipinski definition) is 5. The van der Waals surface area contributed by atoms with Crippen molar-refractivity contribution in [2.75, 3.05) is 27.4 Å². The molecule has 1 aliphatic heterocycles. The topological polar surface area (TPSA) is 60.0 Å². The third-order valence-corrected chi connectivity index (χ3v) is 5.75. The number of nitrogens with zero attached hydrogens (tertiary/aromatic N) is 1. The molecule has 1 N–H and O–H groups in total. The summed E-state index contributed by atoms with van der Waals surface area (Å²) in [4.78, 5) is 14.3. The molecule has 1 fully saturated rings. The third kappa shape index (κ3) is 5.32. The summed E-state index contributed by atoms with van der Waals surface area (Å²) in [5.74, 6) is 1.37. The Labute approximate surface area is 198 Å². The molecule has 1 saturated heterocycles. The van der Waals surface area contributed by atoms with Crippen molar-refractivity contribution in [2.45, 2.75) is 13.0 Å². The van der Waals surface area contributed by atoms with Crippen molar-refractivity contribution in [3.8, 4) is 11.5 Å². The van der Waals surface area contributed by atoms with Crippen LogP contribution >= 0.6 is 12.2 Å². The van der Waals surface area contributed by atoms with Gasteiger partial charge in [0, 0.05) is 25.8 Å². The molecule has 3 aromatic carbocycles. The lowest BCUT2D eigenvalue weighted by Crippen LogP contribution is -2.32. The molecule has 6 nitrogen and oxygen atoms in total. The Hall–Kier alpha value is -3.42. The SMILES string of the molecule is COCCCN1C(=O)/C(=C\c2ccc(OC)c(COc3ccc4ccccc4c3)c2)NC1=S. The Morgan fingerprint density at radius 2 is 1.85 bits per heavy atom. The van der Waals surface area contributed by atoms with E-state index in [1.807, 2.05) is 48.5 Å². The van der Waals surface area contributed by atoms with Crippen LogP contribution in [0, 0.1) is 0 Å². The van der Waals surface area contributed by atoms with E-state index >= 15 is 0 Å². The quantitative estimate of drug-likeness (QED) is 0.287. The first kappa shape index (κ1) is 22.8. The second kappa shape index (κ2) is 10.5. The molecule has 33 heavy (non-hydrogen) atoms. The molecule has 0 radical (unpaired) electrons. The maximum atomic E-state index is 12.8. The number of fused-ring (bicyclic) bond motifs is 1. The van der Waals surface area contributed by atoms with Crippen LogP contribution in [0.1, 0.15) is 17.5 Å². The molecule has 0 spiro atoms. The van der Waals surface area contributed by atoms with Crippen LogP contribution in [0.2, 0.25) is 0 Å². The molecular weight excluding hydrogens is 436 g/mol. The molecule has 1 heterocycles. The summed E-state index contributed by atoms with van der Waals surface area (Å²) in [6.45, 7) is 1.43. The standard InChI is InChI=1S/C26H26N2O4S/c1-30-13-5-12-28-25(29)23(27-26(28)33)15-18-8-11-24(31-2)21(14-18)17-32-22-10-9-19-6-3-4-7-20(19)16-22/h3-4,6-11,14-16H,5,12-13,17H2,1-2H3,(H,27,33)/b23-15+. The zero-order valence-corrected chi connectivity index (χ0v) is 19.5. The lowest BCUT2D eigenvalue weighted by atomic mass is 10.1. The van der Waals surface area contributed by atoms with Gasteiger partial charge < -0.3 is 19.5 Å². The number of carbonyl (C=O) groups excluding carboxylic acids is 1. The fourth-order valence-electron chi connectivity index (χ4n) is 3.73. The number of methoxy groups -OCH3 is 2. The maximum Gasteiger partial charge on any atom is 0.276 e. The molecule has 1 amide bonds. The zero-order chi connectivity index (χ0) is 23.2. The van der Waals surface area contributed by atoms with Gasteiger partial charge in [-0.2, -0.15) is 0 Å². The van der Waals surface area contributed by atoms with E-state index in [2.05, 4.69) is 17.4 Å². The number of nitrogens with one attached hydrogen (secondary N) is 1. The van der Waals surface area contributed by atoms with Crippen LogP contribution in [0.15, 0.2) is 66.4 Å². The molecule has 0 bridgehead atoms. The lowest BCUT2D eigenvalue weighted by molar-refractivity contribution is -0.122. The van der Waals surface area contributed by atoms with Crippen LogP contribution in [0.5, 0.6) is 11.5 Å². The molecule has 0 aliphatic carbocycles. The van der Waals surface area contributed by atoms with Gasteiger partial charge in [-0.05, 0) is 65.3 Å². The van der Waals surface area contributed by atoms with Gasteiger partial charge in [-0.3, -0.25) is 9.69 Å². The summed E-state index contributed by atoms with van der Waals surface area (Å²) in [5, 5.41) is 5.72. The molecule has 0 atom stereocenters. The van der Waals surface area contributed by atoms with Crippen molar-refractivity contribution >= 4 is 40.1 Å². The van der Waals surface area contributed by atoms with Crippen molar-refractivity contribution in [1.29, 1.82) is 0 Å². The van der Waals surface area contributed by atoms with E-state index in [9.17, 15) is 4.79 Å². The van der Waals surface area contributed by atoms with Gasteiger partial charge in [0.2, 0.25) is 0 Å². The molecule has 0 aromatic heterocycles. The number of carbonyl (C=O) groups is 1. The van der Waals surface area contributed by atoms with Crippen molar-refractivity contribution < 1.29 is 19.0 Å². The van der Waals surface area contributed by atoms with Crippen LogP contribution in [0.25, 0.3) is 16.8 Å². The van der Waals surface area contributed by atoms with Gasteiger partial charge >= 0.3 is 0 Å². The Kier molecular flexibility index (Phi) is 7.22. The average Bonchev–Trinajstić information content (AvgIpc) is 3.10. The number of benzene rings is 3. The first-order valence-electron chi connectivity index (χ1n) is 10.7. The summed E-state index contributed by atoms with van der Waals surface area (Å²) < 4.78 is 16.6. The van der Waals surface area contributed by atoms with Gasteiger partial charge in [0.05, 0.1) is 7.11 Å². The summed E-state index contributed by atoms with van der Waals surface area (Å²) in [6, 6.07) is 19.9. The van der Waals surface area contributed by atoms with E-state index in [1.54, 1.807) is 25.2 Å². The minimum atomic E-state index is -0.138. The zero-order valence-electron chi connectivity index (χ0n) is 18.7. The Morgan fingerprint density at radius 1 is 1.03 bits per heavy atom. The fourth-order valence-corrected chi connectivity index (χ4v) is 4.01. The van der Waals surface area contributed by atoms with Crippen LogP contribution in [0.4, 0.5) is 0 Å². The summed E-state index contributed by atoms with van der Waals surface area (Å²) in [7, 11) is 3.27. The van der Waals surface area contributed by atoms with E-state index in [1.165, 1.54) is 5.39 Å². The summed E-state index contributed by atoms with van der Waals surface area (Å²) >= 11 is 5.33.